The van der Waals surface area contributed by atoms with Crippen molar-refractivity contribution in [3.8, 4) is 0 Å². The van der Waals surface area contributed by atoms with Gasteiger partial charge in [-0.15, -0.1) is 0 Å². The van der Waals surface area contributed by atoms with Gasteiger partial charge >= 0.3 is 0 Å². The van der Waals surface area contributed by atoms with Gasteiger partial charge in [0.15, 0.2) is 0 Å². The Morgan fingerprint density at radius 2 is 1.77 bits per heavy atom. The zero-order valence-electron chi connectivity index (χ0n) is 8.71. The normalized spacial score (nSPS) is 8.85. The highest BCUT2D eigenvalue weighted by Crippen LogP contribution is 2.07. The summed E-state index contributed by atoms with van der Waals surface area (Å²) in [4.78, 5) is 0. The van der Waals surface area contributed by atoms with Crippen molar-refractivity contribution in [3.05, 3.63) is 35.9 Å². The van der Waals surface area contributed by atoms with Crippen molar-refractivity contribution in [3.63, 3.8) is 0 Å². The average Bonchev–Trinajstić information content (AvgIpc) is 2.23. The first-order chi connectivity index (χ1) is 6.43. The van der Waals surface area contributed by atoms with Crippen molar-refractivity contribution >= 4 is 11.9 Å². The number of nitrogens with one attached hydrogen (secondary N) is 1. The Balaban J connectivity index is 0.000000671. The molecule has 0 bridgehead atoms. The minimum Gasteiger partial charge on any atom is -0.264 e. The van der Waals surface area contributed by atoms with Gasteiger partial charge in [0.2, 0.25) is 0 Å². The summed E-state index contributed by atoms with van der Waals surface area (Å²) in [5.74, 6) is 1.05. The van der Waals surface area contributed by atoms with E-state index in [0.717, 1.165) is 12.3 Å². The Bertz CT molecular complexity index is 187. The van der Waals surface area contributed by atoms with Crippen molar-refractivity contribution in [1.82, 2.24) is 4.72 Å². The highest BCUT2D eigenvalue weighted by atomic mass is 32.2. The number of hydrogen-bond acceptors (Lipinski definition) is 2. The molecule has 1 nitrogen and oxygen atoms in total. The molecule has 2 heteroatoms. The van der Waals surface area contributed by atoms with Crippen molar-refractivity contribution in [2.45, 2.75) is 26.5 Å². The monoisotopic (exact) mass is 197 g/mol. The van der Waals surface area contributed by atoms with E-state index in [0.29, 0.717) is 0 Å². The van der Waals surface area contributed by atoms with E-state index >= 15 is 0 Å². The quantitative estimate of drug-likeness (QED) is 0.586. The molecule has 0 amide bonds. The fourth-order valence-electron chi connectivity index (χ4n) is 0.811. The van der Waals surface area contributed by atoms with Gasteiger partial charge < -0.3 is 0 Å². The molecular weight excluding hydrogens is 178 g/mol. The first-order valence-electron chi connectivity index (χ1n) is 4.82. The fraction of sp³-hybridized carbons (Fsp3) is 0.455. The third-order valence-corrected chi connectivity index (χ3v) is 2.30. The molecule has 1 aromatic carbocycles. The standard InChI is InChI=1S/C9H13NS.C2H6/c1-2-10-11-8-9-6-4-3-5-7-9;1-2/h3-7,10H,2,8H2,1H3;1-2H3. The van der Waals surface area contributed by atoms with Gasteiger partial charge in [-0.2, -0.15) is 0 Å². The Labute approximate surface area is 86.1 Å². The maximum absolute atomic E-state index is 3.21. The lowest BCUT2D eigenvalue weighted by molar-refractivity contribution is 1.03. The lowest BCUT2D eigenvalue weighted by Crippen LogP contribution is -2.00. The molecule has 0 saturated carbocycles. The van der Waals surface area contributed by atoms with Gasteiger partial charge in [-0.05, 0) is 5.56 Å². The first-order valence-corrected chi connectivity index (χ1v) is 5.80. The maximum Gasteiger partial charge on any atom is 0.0330 e. The molecule has 0 heterocycles. The summed E-state index contributed by atoms with van der Waals surface area (Å²) < 4.78 is 3.21. The maximum atomic E-state index is 3.21. The van der Waals surface area contributed by atoms with Gasteiger partial charge in [0.05, 0.1) is 0 Å². The van der Waals surface area contributed by atoms with E-state index in [1.807, 2.05) is 19.9 Å². The summed E-state index contributed by atoms with van der Waals surface area (Å²) >= 11 is 1.76. The van der Waals surface area contributed by atoms with Gasteiger partial charge in [0, 0.05) is 12.3 Å². The molecule has 0 aliphatic carbocycles. The van der Waals surface area contributed by atoms with Crippen LogP contribution in [0.2, 0.25) is 0 Å². The number of benzene rings is 1. The molecule has 1 aromatic rings. The van der Waals surface area contributed by atoms with Crippen molar-refractivity contribution in [1.29, 1.82) is 0 Å². The first kappa shape index (κ1) is 12.5. The Morgan fingerprint density at radius 1 is 1.15 bits per heavy atom. The lowest BCUT2D eigenvalue weighted by Gasteiger charge is -1.99. The highest BCUT2D eigenvalue weighted by molar-refractivity contribution is 7.96. The molecule has 0 atom stereocenters. The van der Waals surface area contributed by atoms with Crippen LogP contribution in [0.4, 0.5) is 0 Å². The Morgan fingerprint density at radius 3 is 2.31 bits per heavy atom. The lowest BCUT2D eigenvalue weighted by atomic mass is 10.2. The molecule has 0 aliphatic rings. The van der Waals surface area contributed by atoms with Crippen LogP contribution < -0.4 is 4.72 Å². The fourth-order valence-corrected chi connectivity index (χ4v) is 1.48. The summed E-state index contributed by atoms with van der Waals surface area (Å²) in [5.41, 5.74) is 1.37. The van der Waals surface area contributed by atoms with Crippen LogP contribution in [-0.2, 0) is 5.75 Å². The molecule has 0 aromatic heterocycles. The van der Waals surface area contributed by atoms with Crippen LogP contribution >= 0.6 is 11.9 Å². The second kappa shape index (κ2) is 9.62. The summed E-state index contributed by atoms with van der Waals surface area (Å²) in [7, 11) is 0. The van der Waals surface area contributed by atoms with Crippen LogP contribution in [0, 0.1) is 0 Å². The third kappa shape index (κ3) is 6.67. The van der Waals surface area contributed by atoms with Crippen LogP contribution in [0.3, 0.4) is 0 Å². The highest BCUT2D eigenvalue weighted by Gasteiger charge is 1.88. The molecule has 1 N–H and O–H groups in total. The minimum absolute atomic E-state index is 1.03. The topological polar surface area (TPSA) is 12.0 Å². The van der Waals surface area contributed by atoms with Crippen LogP contribution in [0.15, 0.2) is 30.3 Å². The Kier molecular flexibility index (Phi) is 9.27. The van der Waals surface area contributed by atoms with Gasteiger partial charge in [-0.3, -0.25) is 4.72 Å². The van der Waals surface area contributed by atoms with E-state index in [4.69, 9.17) is 0 Å². The van der Waals surface area contributed by atoms with E-state index in [1.54, 1.807) is 11.9 Å². The third-order valence-electron chi connectivity index (χ3n) is 1.33. The molecule has 13 heavy (non-hydrogen) atoms. The molecule has 0 radical (unpaired) electrons. The second-order valence-electron chi connectivity index (χ2n) is 2.27. The molecule has 0 aliphatic heterocycles. The predicted molar refractivity (Wildman–Crippen MR) is 62.8 cm³/mol. The molecule has 0 spiro atoms. The largest absolute Gasteiger partial charge is 0.264 e. The average molecular weight is 197 g/mol. The predicted octanol–water partition coefficient (Wildman–Crippen LogP) is 3.47. The van der Waals surface area contributed by atoms with E-state index < -0.39 is 0 Å². The summed E-state index contributed by atoms with van der Waals surface area (Å²) in [6, 6.07) is 10.5. The molecule has 74 valence electrons. The van der Waals surface area contributed by atoms with E-state index in [2.05, 4.69) is 35.9 Å². The molecule has 0 fully saturated rings. The minimum atomic E-state index is 1.03. The van der Waals surface area contributed by atoms with Crippen molar-refractivity contribution < 1.29 is 0 Å². The number of hydrogen-bond donors (Lipinski definition) is 1. The number of rotatable bonds is 4. The summed E-state index contributed by atoms with van der Waals surface area (Å²) in [5, 5.41) is 0. The van der Waals surface area contributed by atoms with Crippen LogP contribution in [-0.4, -0.2) is 6.54 Å². The van der Waals surface area contributed by atoms with Gasteiger partial charge in [-0.25, -0.2) is 0 Å². The molecule has 0 unspecified atom stereocenters. The summed E-state index contributed by atoms with van der Waals surface area (Å²) in [6.07, 6.45) is 0. The molecular formula is C11H19NS. The van der Waals surface area contributed by atoms with Crippen molar-refractivity contribution in [2.24, 2.45) is 0 Å². The molecule has 1 rings (SSSR count). The zero-order valence-corrected chi connectivity index (χ0v) is 9.53. The Hall–Kier alpha value is -0.470. The van der Waals surface area contributed by atoms with E-state index in [1.165, 1.54) is 5.56 Å². The van der Waals surface area contributed by atoms with Crippen LogP contribution in [0.25, 0.3) is 0 Å². The van der Waals surface area contributed by atoms with Crippen LogP contribution in [0.1, 0.15) is 26.3 Å². The molecule has 0 saturated heterocycles. The van der Waals surface area contributed by atoms with Gasteiger partial charge in [-0.1, -0.05) is 63.1 Å². The second-order valence-corrected chi connectivity index (χ2v) is 3.14. The van der Waals surface area contributed by atoms with Crippen molar-refractivity contribution in [2.75, 3.05) is 6.54 Å². The SMILES string of the molecule is CC.CCNSCc1ccccc1. The van der Waals surface area contributed by atoms with Gasteiger partial charge in [0.1, 0.15) is 0 Å². The van der Waals surface area contributed by atoms with E-state index in [-0.39, 0.29) is 0 Å². The smallest absolute Gasteiger partial charge is 0.0330 e. The van der Waals surface area contributed by atoms with Gasteiger partial charge in [0.25, 0.3) is 0 Å². The summed E-state index contributed by atoms with van der Waals surface area (Å²) in [6.45, 7) is 7.13. The van der Waals surface area contributed by atoms with Crippen LogP contribution in [0.5, 0.6) is 0 Å². The zero-order chi connectivity index (χ0) is 9.94. The van der Waals surface area contributed by atoms with E-state index in [9.17, 15) is 0 Å².